The Balaban J connectivity index is 2.34. The van der Waals surface area contributed by atoms with Crippen LogP contribution in [0.25, 0.3) is 0 Å². The van der Waals surface area contributed by atoms with Gasteiger partial charge in [-0.15, -0.1) is 0 Å². The molecule has 27 heavy (non-hydrogen) atoms. The van der Waals surface area contributed by atoms with Gasteiger partial charge in [0.15, 0.2) is 0 Å². The lowest BCUT2D eigenvalue weighted by Crippen LogP contribution is -2.44. The summed E-state index contributed by atoms with van der Waals surface area (Å²) in [5, 5.41) is 6.26. The van der Waals surface area contributed by atoms with E-state index >= 15 is 0 Å². The molecule has 0 aliphatic carbocycles. The van der Waals surface area contributed by atoms with Crippen molar-refractivity contribution in [1.29, 1.82) is 0 Å². The van der Waals surface area contributed by atoms with Crippen LogP contribution >= 0.6 is 0 Å². The minimum atomic E-state index is -0.131. The average molecular weight is 377 g/mol. The smallest absolute Gasteiger partial charge is 0.257 e. The van der Waals surface area contributed by atoms with Crippen molar-refractivity contribution in [1.82, 2.24) is 10.2 Å². The van der Waals surface area contributed by atoms with Gasteiger partial charge in [0, 0.05) is 51.5 Å². The highest BCUT2D eigenvalue weighted by molar-refractivity contribution is 5.98. The largest absolute Gasteiger partial charge is 0.491 e. The molecule has 0 fully saturated rings. The highest BCUT2D eigenvalue weighted by Crippen LogP contribution is 2.26. The fourth-order valence-electron chi connectivity index (χ4n) is 2.98. The summed E-state index contributed by atoms with van der Waals surface area (Å²) in [6.45, 7) is 7.61. The van der Waals surface area contributed by atoms with Crippen LogP contribution in [0.2, 0.25) is 0 Å². The molecule has 0 aromatic heterocycles. The number of carbonyl (C=O) groups is 2. The van der Waals surface area contributed by atoms with E-state index in [2.05, 4.69) is 17.6 Å². The molecular weight excluding hydrogens is 346 g/mol. The first-order chi connectivity index (χ1) is 12.8. The van der Waals surface area contributed by atoms with E-state index in [1.807, 2.05) is 6.92 Å². The SMILES string of the molecule is CCC(=O)Nc1ccc2c(c1)OC[C@@H](C)NC[C@@H](C)[C@H](OC)CN(C)C2=O. The number of nitrogens with zero attached hydrogens (tertiary/aromatic N) is 1. The third-order valence-electron chi connectivity index (χ3n) is 4.83. The molecule has 1 aliphatic heterocycles. The van der Waals surface area contributed by atoms with Crippen molar-refractivity contribution < 1.29 is 19.1 Å². The fraction of sp³-hybridized carbons (Fsp3) is 0.600. The Morgan fingerprint density at radius 3 is 2.81 bits per heavy atom. The molecule has 1 aromatic carbocycles. The van der Waals surface area contributed by atoms with Gasteiger partial charge in [0.2, 0.25) is 5.91 Å². The van der Waals surface area contributed by atoms with E-state index in [1.54, 1.807) is 44.2 Å². The van der Waals surface area contributed by atoms with E-state index in [0.29, 0.717) is 36.6 Å². The second-order valence-corrected chi connectivity index (χ2v) is 7.17. The van der Waals surface area contributed by atoms with E-state index in [9.17, 15) is 9.59 Å². The summed E-state index contributed by atoms with van der Waals surface area (Å²) >= 11 is 0. The van der Waals surface area contributed by atoms with Gasteiger partial charge in [0.25, 0.3) is 5.91 Å². The highest BCUT2D eigenvalue weighted by atomic mass is 16.5. The summed E-state index contributed by atoms with van der Waals surface area (Å²) in [6.07, 6.45) is 0.322. The van der Waals surface area contributed by atoms with Crippen molar-refractivity contribution >= 4 is 17.5 Å². The zero-order valence-electron chi connectivity index (χ0n) is 16.9. The zero-order valence-corrected chi connectivity index (χ0v) is 16.9. The van der Waals surface area contributed by atoms with Gasteiger partial charge in [0.05, 0.1) is 11.7 Å². The van der Waals surface area contributed by atoms with Crippen LogP contribution < -0.4 is 15.4 Å². The Morgan fingerprint density at radius 2 is 2.15 bits per heavy atom. The molecule has 0 saturated heterocycles. The summed E-state index contributed by atoms with van der Waals surface area (Å²) in [7, 11) is 3.44. The van der Waals surface area contributed by atoms with E-state index < -0.39 is 0 Å². The molecule has 3 atom stereocenters. The van der Waals surface area contributed by atoms with Crippen molar-refractivity contribution in [2.45, 2.75) is 39.3 Å². The maximum atomic E-state index is 13.0. The molecule has 1 heterocycles. The highest BCUT2D eigenvalue weighted by Gasteiger charge is 2.25. The van der Waals surface area contributed by atoms with Crippen LogP contribution in [0.15, 0.2) is 18.2 Å². The second kappa shape index (κ2) is 9.71. The summed E-state index contributed by atoms with van der Waals surface area (Å²) in [4.78, 5) is 26.3. The predicted octanol–water partition coefficient (Wildman–Crippen LogP) is 2.13. The molecule has 0 spiro atoms. The van der Waals surface area contributed by atoms with Gasteiger partial charge < -0.3 is 25.0 Å². The lowest BCUT2D eigenvalue weighted by atomic mass is 10.0. The standard InChI is InChI=1S/C20H31N3O4/c1-6-19(24)22-15-7-8-16-17(9-15)27-12-14(3)21-10-13(2)18(26-5)11-23(4)20(16)25/h7-9,13-14,18,21H,6,10-12H2,1-5H3,(H,22,24)/t13-,14-,18-/m1/s1. The fourth-order valence-corrected chi connectivity index (χ4v) is 2.98. The van der Waals surface area contributed by atoms with Crippen molar-refractivity contribution in [3.63, 3.8) is 0 Å². The van der Waals surface area contributed by atoms with Crippen LogP contribution in [0.3, 0.4) is 0 Å². The van der Waals surface area contributed by atoms with E-state index in [4.69, 9.17) is 9.47 Å². The number of rotatable bonds is 3. The lowest BCUT2D eigenvalue weighted by Gasteiger charge is -2.30. The van der Waals surface area contributed by atoms with Gasteiger partial charge >= 0.3 is 0 Å². The van der Waals surface area contributed by atoms with Crippen LogP contribution in [0.4, 0.5) is 5.69 Å². The zero-order chi connectivity index (χ0) is 20.0. The number of carbonyl (C=O) groups excluding carboxylic acids is 2. The average Bonchev–Trinajstić information content (AvgIpc) is 2.67. The van der Waals surface area contributed by atoms with E-state index in [-0.39, 0.29) is 29.9 Å². The summed E-state index contributed by atoms with van der Waals surface area (Å²) in [5.41, 5.74) is 1.09. The number of likely N-dealkylation sites (N-methyl/N-ethyl adjacent to an activating group) is 1. The lowest BCUT2D eigenvalue weighted by molar-refractivity contribution is -0.115. The topological polar surface area (TPSA) is 79.9 Å². The second-order valence-electron chi connectivity index (χ2n) is 7.17. The molecule has 0 bridgehead atoms. The number of nitrogens with one attached hydrogen (secondary N) is 2. The van der Waals surface area contributed by atoms with Crippen LogP contribution in [0, 0.1) is 5.92 Å². The number of fused-ring (bicyclic) bond motifs is 1. The van der Waals surface area contributed by atoms with Crippen LogP contribution in [-0.2, 0) is 9.53 Å². The minimum absolute atomic E-state index is 0.0643. The first-order valence-electron chi connectivity index (χ1n) is 9.44. The molecule has 2 N–H and O–H groups in total. The number of hydrogen-bond donors (Lipinski definition) is 2. The van der Waals surface area contributed by atoms with Gasteiger partial charge in [-0.2, -0.15) is 0 Å². The maximum Gasteiger partial charge on any atom is 0.257 e. The molecule has 150 valence electrons. The van der Waals surface area contributed by atoms with Crippen LogP contribution in [0.1, 0.15) is 37.6 Å². The molecule has 1 aromatic rings. The molecule has 0 saturated carbocycles. The van der Waals surface area contributed by atoms with Crippen LogP contribution in [-0.4, -0.2) is 62.7 Å². The van der Waals surface area contributed by atoms with Gasteiger partial charge in [-0.05, 0) is 25.0 Å². The number of benzene rings is 1. The first-order valence-corrected chi connectivity index (χ1v) is 9.44. The number of methoxy groups -OCH3 is 1. The molecule has 7 nitrogen and oxygen atoms in total. The van der Waals surface area contributed by atoms with E-state index in [0.717, 1.165) is 6.54 Å². The molecular formula is C20H31N3O4. The van der Waals surface area contributed by atoms with Crippen molar-refractivity contribution in [3.8, 4) is 5.75 Å². The first kappa shape index (κ1) is 21.2. The minimum Gasteiger partial charge on any atom is -0.491 e. The van der Waals surface area contributed by atoms with Crippen molar-refractivity contribution in [2.24, 2.45) is 5.92 Å². The van der Waals surface area contributed by atoms with Gasteiger partial charge in [-0.1, -0.05) is 13.8 Å². The number of amides is 2. The Hall–Kier alpha value is -2.12. The Kier molecular flexibility index (Phi) is 7.62. The predicted molar refractivity (Wildman–Crippen MR) is 105 cm³/mol. The molecule has 1 aliphatic rings. The third kappa shape index (κ3) is 5.68. The van der Waals surface area contributed by atoms with Gasteiger partial charge in [-0.25, -0.2) is 0 Å². The number of hydrogen-bond acceptors (Lipinski definition) is 5. The summed E-state index contributed by atoms with van der Waals surface area (Å²) in [6, 6.07) is 5.25. The Bertz CT molecular complexity index is 665. The molecule has 2 rings (SSSR count). The van der Waals surface area contributed by atoms with Crippen molar-refractivity contribution in [3.05, 3.63) is 23.8 Å². The Morgan fingerprint density at radius 1 is 1.41 bits per heavy atom. The van der Waals surface area contributed by atoms with Gasteiger partial charge in [-0.3, -0.25) is 9.59 Å². The third-order valence-corrected chi connectivity index (χ3v) is 4.83. The summed E-state index contributed by atoms with van der Waals surface area (Å²) in [5.74, 6) is 0.502. The quantitative estimate of drug-likeness (QED) is 0.844. The number of ether oxygens (including phenoxy) is 2. The molecule has 7 heteroatoms. The maximum absolute atomic E-state index is 13.0. The van der Waals surface area contributed by atoms with Crippen molar-refractivity contribution in [2.75, 3.05) is 39.2 Å². The Labute approximate surface area is 161 Å². The molecule has 2 amide bonds. The monoisotopic (exact) mass is 377 g/mol. The molecule has 0 unspecified atom stereocenters. The van der Waals surface area contributed by atoms with Gasteiger partial charge in [0.1, 0.15) is 12.4 Å². The normalized spacial score (nSPS) is 24.3. The molecule has 0 radical (unpaired) electrons. The summed E-state index contributed by atoms with van der Waals surface area (Å²) < 4.78 is 11.6. The number of anilines is 1. The van der Waals surface area contributed by atoms with E-state index in [1.165, 1.54) is 0 Å². The van der Waals surface area contributed by atoms with Crippen LogP contribution in [0.5, 0.6) is 5.75 Å².